The summed E-state index contributed by atoms with van der Waals surface area (Å²) in [4.78, 5) is 32.1. The van der Waals surface area contributed by atoms with Crippen molar-refractivity contribution in [2.75, 3.05) is 12.4 Å². The molecular formula is C23H21N4O3P. The number of nitrogens with one attached hydrogen (secondary N) is 1. The third-order valence-corrected chi connectivity index (χ3v) is 5.42. The predicted octanol–water partition coefficient (Wildman–Crippen LogP) is 3.74. The molecule has 2 aromatic heterocycles. The Morgan fingerprint density at radius 1 is 1.00 bits per heavy atom. The molecule has 0 amide bonds. The molecule has 0 saturated carbocycles. The molecule has 3 N–H and O–H groups in total. The second-order valence-corrected chi connectivity index (χ2v) is 7.81. The summed E-state index contributed by atoms with van der Waals surface area (Å²) in [7, 11) is -0.466. The Bertz CT molecular complexity index is 1200. The highest BCUT2D eigenvalue weighted by Gasteiger charge is 2.11. The van der Waals surface area contributed by atoms with Crippen LogP contribution in [-0.4, -0.2) is 31.8 Å². The van der Waals surface area contributed by atoms with E-state index in [9.17, 15) is 9.79 Å². The Hall–Kier alpha value is -3.38. The Kier molecular flexibility index (Phi) is 6.48. The Morgan fingerprint density at radius 3 is 2.55 bits per heavy atom. The number of fused-ring (bicyclic) bond motifs is 1. The zero-order valence-electron chi connectivity index (χ0n) is 16.8. The van der Waals surface area contributed by atoms with E-state index >= 15 is 0 Å². The van der Waals surface area contributed by atoms with Gasteiger partial charge in [-0.15, -0.1) is 0 Å². The first kappa shape index (κ1) is 20.9. The van der Waals surface area contributed by atoms with Gasteiger partial charge >= 0.3 is 0 Å². The van der Waals surface area contributed by atoms with Crippen LogP contribution in [0, 0.1) is 0 Å². The van der Waals surface area contributed by atoms with Crippen LogP contribution in [0.15, 0.2) is 67.0 Å². The van der Waals surface area contributed by atoms with Crippen LogP contribution in [0.5, 0.6) is 5.75 Å². The summed E-state index contributed by atoms with van der Waals surface area (Å²) in [6.45, 7) is 0.518. The highest BCUT2D eigenvalue weighted by Crippen LogP contribution is 2.29. The first-order valence-corrected chi connectivity index (χ1v) is 10.8. The van der Waals surface area contributed by atoms with Crippen molar-refractivity contribution in [1.29, 1.82) is 0 Å². The van der Waals surface area contributed by atoms with Crippen molar-refractivity contribution < 1.29 is 14.5 Å². The smallest absolute Gasteiger partial charge is 0.199 e. The van der Waals surface area contributed by atoms with Crippen molar-refractivity contribution in [2.24, 2.45) is 0 Å². The lowest BCUT2D eigenvalue weighted by Crippen LogP contribution is -2.06. The topological polar surface area (TPSA) is 100 Å². The molecule has 0 atom stereocenters. The number of aromatic nitrogens is 3. The lowest BCUT2D eigenvalue weighted by molar-refractivity contribution is 0.419. The van der Waals surface area contributed by atoms with Crippen LogP contribution in [0.2, 0.25) is 0 Å². The van der Waals surface area contributed by atoms with E-state index in [4.69, 9.17) is 9.72 Å². The van der Waals surface area contributed by atoms with Gasteiger partial charge in [-0.2, -0.15) is 0 Å². The summed E-state index contributed by atoms with van der Waals surface area (Å²) in [5, 5.41) is 4.73. The maximum absolute atomic E-state index is 9.32. The third kappa shape index (κ3) is 5.03. The highest BCUT2D eigenvalue weighted by atomic mass is 31.2. The average molecular weight is 432 g/mol. The summed E-state index contributed by atoms with van der Waals surface area (Å²) in [5.41, 5.74) is 2.66. The van der Waals surface area contributed by atoms with Gasteiger partial charge in [0.05, 0.1) is 7.11 Å². The Morgan fingerprint density at radius 2 is 1.84 bits per heavy atom. The molecule has 0 aliphatic rings. The van der Waals surface area contributed by atoms with Crippen molar-refractivity contribution in [1.82, 2.24) is 15.0 Å². The van der Waals surface area contributed by atoms with Gasteiger partial charge in [0.1, 0.15) is 17.1 Å². The van der Waals surface area contributed by atoms with Crippen molar-refractivity contribution in [3.8, 4) is 5.75 Å². The SMILES string of the molecule is COc1cccc2c(NCc3ccc(P(O)O)cc3)nc(/C=C/c3cccnc3)nc12. The van der Waals surface area contributed by atoms with Crippen LogP contribution >= 0.6 is 8.38 Å². The minimum Gasteiger partial charge on any atom is -0.494 e. The first-order chi connectivity index (χ1) is 15.1. The number of anilines is 1. The Labute approximate surface area is 181 Å². The molecule has 31 heavy (non-hydrogen) atoms. The van der Waals surface area contributed by atoms with Crippen molar-refractivity contribution in [2.45, 2.75) is 6.54 Å². The minimum atomic E-state index is -2.09. The van der Waals surface area contributed by atoms with Crippen LogP contribution in [0.4, 0.5) is 5.82 Å². The second kappa shape index (κ2) is 9.62. The van der Waals surface area contributed by atoms with E-state index < -0.39 is 8.38 Å². The molecule has 2 aromatic carbocycles. The lowest BCUT2D eigenvalue weighted by atomic mass is 10.2. The van der Waals surface area contributed by atoms with E-state index in [2.05, 4.69) is 15.3 Å². The van der Waals surface area contributed by atoms with E-state index in [1.165, 1.54) is 0 Å². The van der Waals surface area contributed by atoms with Crippen molar-refractivity contribution in [3.63, 3.8) is 0 Å². The van der Waals surface area contributed by atoms with E-state index in [0.717, 1.165) is 22.0 Å². The second-order valence-electron chi connectivity index (χ2n) is 6.72. The summed E-state index contributed by atoms with van der Waals surface area (Å²) >= 11 is 0. The van der Waals surface area contributed by atoms with Gasteiger partial charge < -0.3 is 19.8 Å². The number of hydrogen-bond donors (Lipinski definition) is 3. The molecular weight excluding hydrogens is 411 g/mol. The van der Waals surface area contributed by atoms with Gasteiger partial charge in [0.2, 0.25) is 0 Å². The molecule has 8 heteroatoms. The quantitative estimate of drug-likeness (QED) is 0.383. The van der Waals surface area contributed by atoms with Gasteiger partial charge in [-0.05, 0) is 53.6 Å². The third-order valence-electron chi connectivity index (χ3n) is 4.66. The average Bonchev–Trinajstić information content (AvgIpc) is 2.81. The minimum absolute atomic E-state index is 0.513. The van der Waals surface area contributed by atoms with Crippen molar-refractivity contribution >= 4 is 42.6 Å². The van der Waals surface area contributed by atoms with E-state index in [1.807, 2.05) is 54.6 Å². The summed E-state index contributed by atoms with van der Waals surface area (Å²) < 4.78 is 5.50. The Balaban J connectivity index is 1.66. The molecule has 0 saturated heterocycles. The maximum Gasteiger partial charge on any atom is 0.199 e. The standard InChI is InChI=1S/C23H21N4O3P/c1-30-20-6-2-5-19-22(20)26-21(12-9-16-4-3-13-24-14-16)27-23(19)25-15-17-7-10-18(11-8-17)31(28)29/h2-14,28-29H,15H2,1H3,(H,25,26,27)/b12-9+. The van der Waals surface area contributed by atoms with Crippen LogP contribution in [-0.2, 0) is 6.54 Å². The molecule has 0 radical (unpaired) electrons. The number of rotatable bonds is 7. The molecule has 4 rings (SSSR count). The van der Waals surface area contributed by atoms with Gasteiger partial charge in [-0.3, -0.25) is 4.98 Å². The number of nitrogens with zero attached hydrogens (tertiary/aromatic N) is 3. The van der Waals surface area contributed by atoms with Crippen molar-refractivity contribution in [3.05, 3.63) is 83.9 Å². The lowest BCUT2D eigenvalue weighted by Gasteiger charge is -2.12. The molecule has 4 aromatic rings. The van der Waals surface area contributed by atoms with E-state index in [1.54, 1.807) is 31.6 Å². The maximum atomic E-state index is 9.32. The number of pyridine rings is 1. The largest absolute Gasteiger partial charge is 0.494 e. The number of hydrogen-bond acceptors (Lipinski definition) is 7. The molecule has 0 spiro atoms. The van der Waals surface area contributed by atoms with Gasteiger partial charge in [0, 0.05) is 29.6 Å². The molecule has 0 aliphatic carbocycles. The summed E-state index contributed by atoms with van der Waals surface area (Å²) in [6, 6.07) is 16.7. The van der Waals surface area contributed by atoms with Gasteiger partial charge in [-0.1, -0.05) is 24.3 Å². The van der Waals surface area contributed by atoms with Crippen LogP contribution in [0.3, 0.4) is 0 Å². The first-order valence-electron chi connectivity index (χ1n) is 9.57. The van der Waals surface area contributed by atoms with Crippen LogP contribution < -0.4 is 15.4 Å². The van der Waals surface area contributed by atoms with Gasteiger partial charge in [0.25, 0.3) is 0 Å². The molecule has 2 heterocycles. The number of para-hydroxylation sites is 1. The van der Waals surface area contributed by atoms with Crippen LogP contribution in [0.25, 0.3) is 23.1 Å². The molecule has 0 aliphatic heterocycles. The zero-order chi connectivity index (χ0) is 21.6. The molecule has 156 valence electrons. The predicted molar refractivity (Wildman–Crippen MR) is 124 cm³/mol. The molecule has 0 fully saturated rings. The zero-order valence-corrected chi connectivity index (χ0v) is 17.7. The molecule has 0 unspecified atom stereocenters. The van der Waals surface area contributed by atoms with Gasteiger partial charge in [-0.25, -0.2) is 9.97 Å². The molecule has 7 nitrogen and oxygen atoms in total. The number of methoxy groups -OCH3 is 1. The number of ether oxygens (including phenoxy) is 1. The van der Waals surface area contributed by atoms with E-state index in [-0.39, 0.29) is 0 Å². The van der Waals surface area contributed by atoms with E-state index in [0.29, 0.717) is 29.2 Å². The number of benzene rings is 2. The normalized spacial score (nSPS) is 11.4. The fourth-order valence-corrected chi connectivity index (χ4v) is 3.51. The highest BCUT2D eigenvalue weighted by molar-refractivity contribution is 7.54. The fourth-order valence-electron chi connectivity index (χ4n) is 3.10. The summed E-state index contributed by atoms with van der Waals surface area (Å²) in [6.07, 6.45) is 7.25. The van der Waals surface area contributed by atoms with Crippen LogP contribution in [0.1, 0.15) is 17.0 Å². The fraction of sp³-hybridized carbons (Fsp3) is 0.0870. The van der Waals surface area contributed by atoms with Gasteiger partial charge in [0.15, 0.2) is 14.2 Å². The summed E-state index contributed by atoms with van der Waals surface area (Å²) in [5.74, 6) is 1.90. The monoisotopic (exact) mass is 432 g/mol. The molecule has 0 bridgehead atoms.